The van der Waals surface area contributed by atoms with Crippen LogP contribution in [0, 0.1) is 0 Å². The Morgan fingerprint density at radius 3 is 2.61 bits per heavy atom. The van der Waals surface area contributed by atoms with Crippen molar-refractivity contribution in [1.29, 1.82) is 0 Å². The van der Waals surface area contributed by atoms with Crippen LogP contribution in [0.5, 0.6) is 0 Å². The van der Waals surface area contributed by atoms with Crippen molar-refractivity contribution in [3.05, 3.63) is 34.1 Å². The van der Waals surface area contributed by atoms with Gasteiger partial charge in [-0.1, -0.05) is 36.2 Å². The maximum absolute atomic E-state index is 6.15. The summed E-state index contributed by atoms with van der Waals surface area (Å²) in [6.07, 6.45) is 0. The van der Waals surface area contributed by atoms with Crippen LogP contribution in [-0.4, -0.2) is 26.8 Å². The Labute approximate surface area is 115 Å². The summed E-state index contributed by atoms with van der Waals surface area (Å²) in [6.45, 7) is 4.83. The molecule has 0 aliphatic heterocycles. The van der Waals surface area contributed by atoms with Gasteiger partial charge in [0.15, 0.2) is 5.82 Å². The molecule has 1 unspecified atom stereocenters. The number of hydrogen-bond acceptors (Lipinski definition) is 4. The number of rotatable bonds is 4. The Morgan fingerprint density at radius 2 is 2.00 bits per heavy atom. The smallest absolute Gasteiger partial charge is 0.173 e. The molecule has 18 heavy (non-hydrogen) atoms. The van der Waals surface area contributed by atoms with E-state index in [9.17, 15) is 0 Å². The van der Waals surface area contributed by atoms with E-state index < -0.39 is 0 Å². The van der Waals surface area contributed by atoms with Crippen LogP contribution in [0.3, 0.4) is 0 Å². The highest BCUT2D eigenvalue weighted by molar-refractivity contribution is 6.37. The maximum Gasteiger partial charge on any atom is 0.173 e. The largest absolute Gasteiger partial charge is 0.308 e. The van der Waals surface area contributed by atoms with E-state index in [1.807, 2.05) is 13.8 Å². The molecule has 0 radical (unpaired) electrons. The first-order chi connectivity index (χ1) is 8.65. The van der Waals surface area contributed by atoms with Gasteiger partial charge in [0.05, 0.1) is 16.1 Å². The predicted octanol–water partition coefficient (Wildman–Crippen LogP) is 2.64. The molecule has 0 saturated heterocycles. The minimum atomic E-state index is 0.0114. The van der Waals surface area contributed by atoms with Crippen LogP contribution in [0.25, 0.3) is 5.69 Å². The molecular formula is C11H13Cl2N5. The van der Waals surface area contributed by atoms with Crippen LogP contribution in [0.2, 0.25) is 10.0 Å². The summed E-state index contributed by atoms with van der Waals surface area (Å²) >= 11 is 12.3. The first-order valence-corrected chi connectivity index (χ1v) is 6.36. The molecule has 0 bridgehead atoms. The van der Waals surface area contributed by atoms with Gasteiger partial charge < -0.3 is 5.32 Å². The van der Waals surface area contributed by atoms with Crippen molar-refractivity contribution < 1.29 is 0 Å². The van der Waals surface area contributed by atoms with Crippen molar-refractivity contribution in [2.45, 2.75) is 19.9 Å². The standard InChI is InChI=1S/C11H13Cl2N5/c1-3-14-7(2)11-15-16-17-18(11)10-8(12)5-4-6-9(10)13/h4-7,14H,3H2,1-2H3. The van der Waals surface area contributed by atoms with Crippen LogP contribution in [0.15, 0.2) is 18.2 Å². The number of nitrogens with one attached hydrogen (secondary N) is 1. The van der Waals surface area contributed by atoms with Crippen LogP contribution >= 0.6 is 23.2 Å². The quantitative estimate of drug-likeness (QED) is 0.938. The van der Waals surface area contributed by atoms with Crippen LogP contribution < -0.4 is 5.32 Å². The lowest BCUT2D eigenvalue weighted by Gasteiger charge is -2.13. The second-order valence-electron chi connectivity index (χ2n) is 3.80. The number of benzene rings is 1. The zero-order valence-corrected chi connectivity index (χ0v) is 11.6. The predicted molar refractivity (Wildman–Crippen MR) is 71.3 cm³/mol. The fourth-order valence-corrected chi connectivity index (χ4v) is 2.27. The first-order valence-electron chi connectivity index (χ1n) is 5.61. The molecule has 96 valence electrons. The number of nitrogens with zero attached hydrogens (tertiary/aromatic N) is 4. The SMILES string of the molecule is CCNC(C)c1nnnn1-c1c(Cl)cccc1Cl. The van der Waals surface area contributed by atoms with E-state index in [2.05, 4.69) is 20.8 Å². The van der Waals surface area contributed by atoms with Crippen LogP contribution in [0.4, 0.5) is 0 Å². The molecule has 1 N–H and O–H groups in total. The summed E-state index contributed by atoms with van der Waals surface area (Å²) in [5, 5.41) is 15.9. The average Bonchev–Trinajstić information content (AvgIpc) is 2.78. The fourth-order valence-electron chi connectivity index (χ4n) is 1.71. The maximum atomic E-state index is 6.15. The molecule has 1 atom stereocenters. The normalized spacial score (nSPS) is 12.7. The van der Waals surface area contributed by atoms with E-state index >= 15 is 0 Å². The Kier molecular flexibility index (Phi) is 4.16. The lowest BCUT2D eigenvalue weighted by molar-refractivity contribution is 0.550. The van der Waals surface area contributed by atoms with Crippen LogP contribution in [0.1, 0.15) is 25.7 Å². The molecular weight excluding hydrogens is 273 g/mol. The van der Waals surface area contributed by atoms with E-state index in [1.165, 1.54) is 0 Å². The minimum Gasteiger partial charge on any atom is -0.308 e. The van der Waals surface area contributed by atoms with E-state index in [-0.39, 0.29) is 6.04 Å². The Balaban J connectivity index is 2.49. The fraction of sp³-hybridized carbons (Fsp3) is 0.364. The number of tetrazole rings is 1. The third-order valence-electron chi connectivity index (χ3n) is 2.54. The molecule has 0 amide bonds. The van der Waals surface area contributed by atoms with Crippen LogP contribution in [-0.2, 0) is 0 Å². The molecule has 7 heteroatoms. The molecule has 2 aromatic rings. The average molecular weight is 286 g/mol. The minimum absolute atomic E-state index is 0.0114. The highest BCUT2D eigenvalue weighted by Gasteiger charge is 2.18. The number of hydrogen-bond donors (Lipinski definition) is 1. The van der Waals surface area contributed by atoms with Crippen molar-refractivity contribution in [2.75, 3.05) is 6.54 Å². The van der Waals surface area contributed by atoms with Gasteiger partial charge in [0, 0.05) is 0 Å². The highest BCUT2D eigenvalue weighted by Crippen LogP contribution is 2.29. The number of para-hydroxylation sites is 1. The van der Waals surface area contributed by atoms with E-state index in [0.717, 1.165) is 6.54 Å². The Bertz CT molecular complexity index is 520. The van der Waals surface area contributed by atoms with Gasteiger partial charge in [0.25, 0.3) is 0 Å². The third kappa shape index (κ3) is 2.48. The zero-order valence-electron chi connectivity index (χ0n) is 10.1. The molecule has 5 nitrogen and oxygen atoms in total. The van der Waals surface area contributed by atoms with Crippen molar-refractivity contribution in [2.24, 2.45) is 0 Å². The molecule has 2 rings (SSSR count). The summed E-state index contributed by atoms with van der Waals surface area (Å²) in [5.41, 5.74) is 0.602. The summed E-state index contributed by atoms with van der Waals surface area (Å²) in [4.78, 5) is 0. The van der Waals surface area contributed by atoms with Crippen molar-refractivity contribution in [3.8, 4) is 5.69 Å². The Morgan fingerprint density at radius 1 is 1.33 bits per heavy atom. The molecule has 0 aliphatic carbocycles. The molecule has 0 fully saturated rings. The summed E-state index contributed by atoms with van der Waals surface area (Å²) in [7, 11) is 0. The zero-order chi connectivity index (χ0) is 13.1. The van der Waals surface area contributed by atoms with Gasteiger partial charge >= 0.3 is 0 Å². The number of halogens is 2. The molecule has 1 aromatic heterocycles. The first kappa shape index (κ1) is 13.3. The second kappa shape index (κ2) is 5.65. The van der Waals surface area contributed by atoms with Gasteiger partial charge in [-0.25, -0.2) is 0 Å². The lowest BCUT2D eigenvalue weighted by atomic mass is 10.2. The van der Waals surface area contributed by atoms with Gasteiger partial charge in [-0.2, -0.15) is 4.68 Å². The van der Waals surface area contributed by atoms with Crippen molar-refractivity contribution >= 4 is 23.2 Å². The highest BCUT2D eigenvalue weighted by atomic mass is 35.5. The monoisotopic (exact) mass is 285 g/mol. The molecule has 0 spiro atoms. The topological polar surface area (TPSA) is 55.6 Å². The van der Waals surface area contributed by atoms with E-state index in [0.29, 0.717) is 21.6 Å². The van der Waals surface area contributed by atoms with Gasteiger partial charge in [-0.3, -0.25) is 0 Å². The van der Waals surface area contributed by atoms with E-state index in [1.54, 1.807) is 22.9 Å². The van der Waals surface area contributed by atoms with Crippen molar-refractivity contribution in [1.82, 2.24) is 25.5 Å². The molecule has 1 heterocycles. The third-order valence-corrected chi connectivity index (χ3v) is 3.15. The Hall–Kier alpha value is -1.17. The number of aromatic nitrogens is 4. The summed E-state index contributed by atoms with van der Waals surface area (Å²) in [5.74, 6) is 0.673. The van der Waals surface area contributed by atoms with Gasteiger partial charge in [0.1, 0.15) is 5.69 Å². The molecule has 0 aliphatic rings. The second-order valence-corrected chi connectivity index (χ2v) is 4.61. The van der Waals surface area contributed by atoms with Gasteiger partial charge in [0.2, 0.25) is 0 Å². The lowest BCUT2D eigenvalue weighted by Crippen LogP contribution is -2.21. The summed E-state index contributed by atoms with van der Waals surface area (Å²) in [6, 6.07) is 5.31. The summed E-state index contributed by atoms with van der Waals surface area (Å²) < 4.78 is 1.57. The van der Waals surface area contributed by atoms with E-state index in [4.69, 9.17) is 23.2 Å². The molecule has 1 aromatic carbocycles. The molecule has 0 saturated carbocycles. The van der Waals surface area contributed by atoms with Gasteiger partial charge in [-0.05, 0) is 36.0 Å². The van der Waals surface area contributed by atoms with Gasteiger partial charge in [-0.15, -0.1) is 5.10 Å². The van der Waals surface area contributed by atoms with Crippen molar-refractivity contribution in [3.63, 3.8) is 0 Å².